The number of benzene rings is 1. The Labute approximate surface area is 178 Å². The topological polar surface area (TPSA) is 128 Å². The first kappa shape index (κ1) is 21.5. The van der Waals surface area contributed by atoms with Crippen LogP contribution in [0.25, 0.3) is 5.69 Å². The van der Waals surface area contributed by atoms with E-state index in [2.05, 4.69) is 20.5 Å². The number of carboxylic acids is 1. The molecule has 0 saturated heterocycles. The molecule has 10 nitrogen and oxygen atoms in total. The molecule has 0 aliphatic heterocycles. The fourth-order valence-electron chi connectivity index (χ4n) is 3.02. The number of aromatic nitrogens is 3. The lowest BCUT2D eigenvalue weighted by Gasteiger charge is -2.14. The summed E-state index contributed by atoms with van der Waals surface area (Å²) in [5.41, 5.74) is 5.28. The number of nitrogens with one attached hydrogen (secondary N) is 1. The molecule has 1 amide bonds. The maximum absolute atomic E-state index is 12.6. The van der Waals surface area contributed by atoms with Gasteiger partial charge in [0.1, 0.15) is 0 Å². The number of aryl methyl sites for hydroxylation is 2. The van der Waals surface area contributed by atoms with Crippen LogP contribution in [0.3, 0.4) is 0 Å². The lowest BCUT2D eigenvalue weighted by atomic mass is 10.1. The Morgan fingerprint density at radius 1 is 1.13 bits per heavy atom. The summed E-state index contributed by atoms with van der Waals surface area (Å²) in [6.07, 6.45) is 2.78. The molecule has 3 rings (SSSR count). The number of hydrazone groups is 1. The van der Waals surface area contributed by atoms with Crippen LogP contribution in [0.1, 0.15) is 37.7 Å². The highest BCUT2D eigenvalue weighted by Crippen LogP contribution is 2.22. The van der Waals surface area contributed by atoms with Crippen LogP contribution in [0.5, 0.6) is 11.9 Å². The van der Waals surface area contributed by atoms with Gasteiger partial charge in [0.25, 0.3) is 5.91 Å². The van der Waals surface area contributed by atoms with E-state index in [0.29, 0.717) is 11.3 Å². The summed E-state index contributed by atoms with van der Waals surface area (Å²) >= 11 is 0. The number of carbonyl (C=O) groups excluding carboxylic acids is 1. The van der Waals surface area contributed by atoms with Gasteiger partial charge in [-0.1, -0.05) is 0 Å². The maximum Gasteiger partial charge on any atom is 0.337 e. The number of amides is 1. The van der Waals surface area contributed by atoms with E-state index in [9.17, 15) is 14.7 Å². The average Bonchev–Trinajstić information content (AvgIpc) is 3.10. The van der Waals surface area contributed by atoms with Crippen molar-refractivity contribution in [1.82, 2.24) is 20.0 Å². The summed E-state index contributed by atoms with van der Waals surface area (Å²) in [5, 5.41) is 13.5. The number of aromatic carboxylic acids is 1. The Kier molecular flexibility index (Phi) is 6.29. The van der Waals surface area contributed by atoms with Crippen molar-refractivity contribution in [3.63, 3.8) is 0 Å². The van der Waals surface area contributed by atoms with Crippen molar-refractivity contribution in [2.24, 2.45) is 5.10 Å². The molecule has 1 aromatic carbocycles. The Bertz CT molecular complexity index is 1150. The molecule has 0 bridgehead atoms. The van der Waals surface area contributed by atoms with Crippen molar-refractivity contribution in [1.29, 1.82) is 0 Å². The molecule has 0 saturated carbocycles. The summed E-state index contributed by atoms with van der Waals surface area (Å²) in [6.45, 7) is 3.72. The smallest absolute Gasteiger partial charge is 0.337 e. The standard InChI is InChI=1S/C21H21N5O5/c1-12-5-6-13(2)26(12)17-9-14(7-8-16(17)20(28)29)18(27)25-23-11-15-10-22-21(31-4)24-19(15)30-3/h5-11H,1-4H3,(H,25,27)(H,28,29). The highest BCUT2D eigenvalue weighted by molar-refractivity contribution is 5.98. The highest BCUT2D eigenvalue weighted by atomic mass is 16.5. The van der Waals surface area contributed by atoms with Crippen LogP contribution in [0, 0.1) is 13.8 Å². The van der Waals surface area contributed by atoms with Crippen LogP contribution in [0.15, 0.2) is 41.6 Å². The van der Waals surface area contributed by atoms with E-state index < -0.39 is 11.9 Å². The van der Waals surface area contributed by atoms with Crippen LogP contribution in [-0.2, 0) is 0 Å². The monoisotopic (exact) mass is 423 g/mol. The molecule has 0 radical (unpaired) electrons. The van der Waals surface area contributed by atoms with Crippen molar-refractivity contribution in [3.05, 3.63) is 64.6 Å². The van der Waals surface area contributed by atoms with Crippen LogP contribution in [0.4, 0.5) is 0 Å². The molecule has 0 unspecified atom stereocenters. The molecule has 0 atom stereocenters. The number of carboxylic acid groups (broad SMARTS) is 1. The van der Waals surface area contributed by atoms with Crippen LogP contribution in [-0.4, -0.2) is 52.0 Å². The normalized spacial score (nSPS) is 10.8. The van der Waals surface area contributed by atoms with Crippen LogP contribution in [0.2, 0.25) is 0 Å². The van der Waals surface area contributed by atoms with Crippen molar-refractivity contribution in [2.45, 2.75) is 13.8 Å². The first-order valence-electron chi connectivity index (χ1n) is 9.16. The molecule has 2 aromatic heterocycles. The van der Waals surface area contributed by atoms with Gasteiger partial charge in [0.2, 0.25) is 5.88 Å². The van der Waals surface area contributed by atoms with Crippen molar-refractivity contribution >= 4 is 18.1 Å². The van der Waals surface area contributed by atoms with Crippen molar-refractivity contribution < 1.29 is 24.2 Å². The minimum Gasteiger partial charge on any atom is -0.480 e. The van der Waals surface area contributed by atoms with Gasteiger partial charge < -0.3 is 19.1 Å². The minimum atomic E-state index is -1.08. The lowest BCUT2D eigenvalue weighted by molar-refractivity contribution is 0.0696. The zero-order valence-corrected chi connectivity index (χ0v) is 17.4. The number of nitrogens with zero attached hydrogens (tertiary/aromatic N) is 4. The molecule has 2 heterocycles. The van der Waals surface area contributed by atoms with Gasteiger partial charge in [0, 0.05) is 23.1 Å². The fourth-order valence-corrected chi connectivity index (χ4v) is 3.02. The van der Waals surface area contributed by atoms with Gasteiger partial charge in [-0.2, -0.15) is 10.1 Å². The molecule has 0 aliphatic rings. The van der Waals surface area contributed by atoms with Crippen LogP contribution >= 0.6 is 0 Å². The third kappa shape index (κ3) is 4.53. The SMILES string of the molecule is COc1ncc(C=NNC(=O)c2ccc(C(=O)O)c(-n3c(C)ccc3C)c2)c(OC)n1. The van der Waals surface area contributed by atoms with Gasteiger partial charge in [0.05, 0.1) is 37.2 Å². The minimum absolute atomic E-state index is 0.0857. The average molecular weight is 423 g/mol. The summed E-state index contributed by atoms with van der Waals surface area (Å²) in [4.78, 5) is 32.3. The zero-order chi connectivity index (χ0) is 22.5. The van der Waals surface area contributed by atoms with E-state index in [1.807, 2.05) is 26.0 Å². The first-order valence-corrected chi connectivity index (χ1v) is 9.16. The highest BCUT2D eigenvalue weighted by Gasteiger charge is 2.17. The second kappa shape index (κ2) is 9.08. The molecule has 0 fully saturated rings. The van der Waals surface area contributed by atoms with Gasteiger partial charge >= 0.3 is 12.0 Å². The van der Waals surface area contributed by atoms with Crippen LogP contribution < -0.4 is 14.9 Å². The molecule has 3 aromatic rings. The van der Waals surface area contributed by atoms with E-state index in [1.54, 1.807) is 4.57 Å². The first-order chi connectivity index (χ1) is 14.8. The fraction of sp³-hybridized carbons (Fsp3) is 0.190. The lowest BCUT2D eigenvalue weighted by Crippen LogP contribution is -2.19. The second-order valence-electron chi connectivity index (χ2n) is 6.51. The van der Waals surface area contributed by atoms with Crippen molar-refractivity contribution in [3.8, 4) is 17.6 Å². The molecule has 10 heteroatoms. The Balaban J connectivity index is 1.87. The molecule has 160 valence electrons. The largest absolute Gasteiger partial charge is 0.480 e. The third-order valence-electron chi connectivity index (χ3n) is 4.51. The molecular formula is C21H21N5O5. The van der Waals surface area contributed by atoms with Gasteiger partial charge in [-0.3, -0.25) is 4.79 Å². The van der Waals surface area contributed by atoms with Crippen molar-refractivity contribution in [2.75, 3.05) is 14.2 Å². The molecule has 0 aliphatic carbocycles. The number of methoxy groups -OCH3 is 2. The Morgan fingerprint density at radius 2 is 1.84 bits per heavy atom. The summed E-state index contributed by atoms with van der Waals surface area (Å²) < 4.78 is 11.9. The van der Waals surface area contributed by atoms with Gasteiger partial charge in [-0.25, -0.2) is 15.2 Å². The zero-order valence-electron chi connectivity index (χ0n) is 17.4. The molecule has 0 spiro atoms. The third-order valence-corrected chi connectivity index (χ3v) is 4.51. The Hall–Kier alpha value is -4.21. The number of ether oxygens (including phenoxy) is 2. The number of rotatable bonds is 7. The molecule has 2 N–H and O–H groups in total. The van der Waals surface area contributed by atoms with E-state index in [4.69, 9.17) is 9.47 Å². The predicted molar refractivity (Wildman–Crippen MR) is 112 cm³/mol. The summed E-state index contributed by atoms with van der Waals surface area (Å²) in [6, 6.07) is 8.24. The van der Waals surface area contributed by atoms with E-state index in [-0.39, 0.29) is 23.0 Å². The van der Waals surface area contributed by atoms with Gasteiger partial charge in [-0.05, 0) is 44.2 Å². The predicted octanol–water partition coefficient (Wildman–Crippen LogP) is 2.36. The Morgan fingerprint density at radius 3 is 2.45 bits per heavy atom. The van der Waals surface area contributed by atoms with E-state index in [1.165, 1.54) is 44.8 Å². The van der Waals surface area contributed by atoms with Gasteiger partial charge in [0.15, 0.2) is 0 Å². The van der Waals surface area contributed by atoms with E-state index in [0.717, 1.165) is 11.4 Å². The van der Waals surface area contributed by atoms with Gasteiger partial charge in [-0.15, -0.1) is 0 Å². The summed E-state index contributed by atoms with van der Waals surface area (Å²) in [7, 11) is 2.87. The number of hydrogen-bond acceptors (Lipinski definition) is 7. The quantitative estimate of drug-likeness (QED) is 0.441. The molecular weight excluding hydrogens is 402 g/mol. The van der Waals surface area contributed by atoms with E-state index >= 15 is 0 Å². The number of carbonyl (C=O) groups is 2. The molecule has 31 heavy (non-hydrogen) atoms. The summed E-state index contributed by atoms with van der Waals surface area (Å²) in [5.74, 6) is -1.36. The second-order valence-corrected chi connectivity index (χ2v) is 6.51. The number of hydrogen-bond donors (Lipinski definition) is 2. The maximum atomic E-state index is 12.6.